The summed E-state index contributed by atoms with van der Waals surface area (Å²) in [5, 5.41) is 6.67. The Morgan fingerprint density at radius 2 is 1.87 bits per heavy atom. The molecular formula is C17H13F2N3O. The van der Waals surface area contributed by atoms with Crippen molar-refractivity contribution in [1.29, 1.82) is 0 Å². The quantitative estimate of drug-likeness (QED) is 0.803. The zero-order chi connectivity index (χ0) is 16.2. The van der Waals surface area contributed by atoms with Crippen LogP contribution in [0.1, 0.15) is 5.56 Å². The average Bonchev–Trinajstić information content (AvgIpc) is 2.98. The van der Waals surface area contributed by atoms with Crippen LogP contribution in [0, 0.1) is 11.6 Å². The maximum absolute atomic E-state index is 13.7. The van der Waals surface area contributed by atoms with Gasteiger partial charge in [0.2, 0.25) is 5.91 Å². The lowest BCUT2D eigenvalue weighted by atomic mass is 10.1. The fourth-order valence-corrected chi connectivity index (χ4v) is 2.15. The number of halogens is 2. The van der Waals surface area contributed by atoms with Crippen molar-refractivity contribution in [2.45, 2.75) is 6.42 Å². The number of anilines is 1. The highest BCUT2D eigenvalue weighted by Gasteiger charge is 2.10. The average molecular weight is 313 g/mol. The maximum Gasteiger partial charge on any atom is 0.229 e. The van der Waals surface area contributed by atoms with Crippen LogP contribution in [-0.4, -0.2) is 15.7 Å². The number of rotatable bonds is 4. The monoisotopic (exact) mass is 313 g/mol. The zero-order valence-electron chi connectivity index (χ0n) is 12.0. The van der Waals surface area contributed by atoms with Crippen LogP contribution in [0.15, 0.2) is 60.8 Å². The summed E-state index contributed by atoms with van der Waals surface area (Å²) in [6.45, 7) is 0. The second-order valence-corrected chi connectivity index (χ2v) is 4.95. The fraction of sp³-hybridized carbons (Fsp3) is 0.0588. The molecule has 0 aliphatic heterocycles. The predicted octanol–water partition coefficient (Wildman–Crippen LogP) is 3.33. The Kier molecular flexibility index (Phi) is 4.14. The van der Waals surface area contributed by atoms with Gasteiger partial charge in [0.15, 0.2) is 5.82 Å². The zero-order valence-corrected chi connectivity index (χ0v) is 12.0. The van der Waals surface area contributed by atoms with E-state index in [9.17, 15) is 13.6 Å². The topological polar surface area (TPSA) is 46.9 Å². The lowest BCUT2D eigenvalue weighted by Gasteiger charge is -2.04. The van der Waals surface area contributed by atoms with Gasteiger partial charge in [-0.2, -0.15) is 0 Å². The molecule has 0 spiro atoms. The first-order valence-electron chi connectivity index (χ1n) is 6.97. The number of nitrogens with one attached hydrogen (secondary N) is 1. The van der Waals surface area contributed by atoms with E-state index in [-0.39, 0.29) is 23.8 Å². The van der Waals surface area contributed by atoms with Gasteiger partial charge in [-0.1, -0.05) is 30.3 Å². The molecule has 6 heteroatoms. The number of aromatic nitrogens is 2. The molecule has 23 heavy (non-hydrogen) atoms. The number of nitrogens with zero attached hydrogens (tertiary/aromatic N) is 2. The Balaban J connectivity index is 1.72. The molecule has 0 atom stereocenters. The van der Waals surface area contributed by atoms with Gasteiger partial charge in [-0.3, -0.25) is 4.79 Å². The second-order valence-electron chi connectivity index (χ2n) is 4.95. The highest BCUT2D eigenvalue weighted by molar-refractivity contribution is 5.91. The highest BCUT2D eigenvalue weighted by Crippen LogP contribution is 2.16. The lowest BCUT2D eigenvalue weighted by molar-refractivity contribution is -0.115. The van der Waals surface area contributed by atoms with Gasteiger partial charge in [0.1, 0.15) is 17.3 Å². The van der Waals surface area contributed by atoms with Crippen LogP contribution in [-0.2, 0) is 11.2 Å². The number of amides is 1. The summed E-state index contributed by atoms with van der Waals surface area (Å²) in [5.41, 5.74) is 0.856. The lowest BCUT2D eigenvalue weighted by Crippen LogP contribution is -2.15. The van der Waals surface area contributed by atoms with Crippen LogP contribution in [0.3, 0.4) is 0 Å². The van der Waals surface area contributed by atoms with Gasteiger partial charge < -0.3 is 5.32 Å². The van der Waals surface area contributed by atoms with E-state index in [2.05, 4.69) is 10.4 Å². The first kappa shape index (κ1) is 14.9. The van der Waals surface area contributed by atoms with Crippen molar-refractivity contribution in [3.63, 3.8) is 0 Å². The minimum atomic E-state index is -0.600. The molecule has 0 saturated heterocycles. The Morgan fingerprint density at radius 3 is 2.65 bits per heavy atom. The summed E-state index contributed by atoms with van der Waals surface area (Å²) in [6, 6.07) is 13.9. The number of carbonyl (C=O) groups excluding carboxylic acids is 1. The summed E-state index contributed by atoms with van der Waals surface area (Å²) in [4.78, 5) is 12.0. The minimum Gasteiger partial charge on any atom is -0.309 e. The summed E-state index contributed by atoms with van der Waals surface area (Å²) in [7, 11) is 0. The molecule has 0 radical (unpaired) electrons. The molecule has 3 aromatic rings. The van der Waals surface area contributed by atoms with Crippen LogP contribution in [0.4, 0.5) is 14.6 Å². The molecule has 1 N–H and O–H groups in total. The Labute approximate surface area is 131 Å². The van der Waals surface area contributed by atoms with Crippen LogP contribution in [0.5, 0.6) is 0 Å². The van der Waals surface area contributed by atoms with Crippen molar-refractivity contribution >= 4 is 11.7 Å². The molecule has 1 aromatic heterocycles. The SMILES string of the molecule is O=C(Cc1ccccc1)Nc1ccn(-c2cc(F)ccc2F)n1. The first-order chi connectivity index (χ1) is 11.1. The molecule has 0 unspecified atom stereocenters. The smallest absolute Gasteiger partial charge is 0.229 e. The van der Waals surface area contributed by atoms with Crippen molar-refractivity contribution in [1.82, 2.24) is 9.78 Å². The van der Waals surface area contributed by atoms with Crippen molar-refractivity contribution in [2.75, 3.05) is 5.32 Å². The van der Waals surface area contributed by atoms with E-state index >= 15 is 0 Å². The molecule has 0 saturated carbocycles. The third-order valence-electron chi connectivity index (χ3n) is 3.22. The van der Waals surface area contributed by atoms with Gasteiger partial charge in [-0.15, -0.1) is 5.10 Å². The first-order valence-corrected chi connectivity index (χ1v) is 6.97. The van der Waals surface area contributed by atoms with Crippen molar-refractivity contribution in [3.8, 4) is 5.69 Å². The van der Waals surface area contributed by atoms with Gasteiger partial charge >= 0.3 is 0 Å². The van der Waals surface area contributed by atoms with Crippen LogP contribution in [0.25, 0.3) is 5.69 Å². The molecule has 1 amide bonds. The van der Waals surface area contributed by atoms with Gasteiger partial charge in [-0.25, -0.2) is 13.5 Å². The fourth-order valence-electron chi connectivity index (χ4n) is 2.15. The van der Waals surface area contributed by atoms with E-state index in [1.165, 1.54) is 16.9 Å². The Morgan fingerprint density at radius 1 is 1.09 bits per heavy atom. The normalized spacial score (nSPS) is 10.5. The highest BCUT2D eigenvalue weighted by atomic mass is 19.1. The molecule has 116 valence electrons. The van der Waals surface area contributed by atoms with Crippen LogP contribution < -0.4 is 5.32 Å². The standard InChI is InChI=1S/C17H13F2N3O/c18-13-6-7-14(19)15(11-13)22-9-8-16(21-22)20-17(23)10-12-4-2-1-3-5-12/h1-9,11H,10H2,(H,20,21,23). The van der Waals surface area contributed by atoms with Crippen molar-refractivity contribution in [3.05, 3.63) is 78.0 Å². The van der Waals surface area contributed by atoms with E-state index in [1.54, 1.807) is 0 Å². The van der Waals surface area contributed by atoms with Crippen LogP contribution in [0.2, 0.25) is 0 Å². The Bertz CT molecular complexity index is 831. The molecule has 2 aromatic carbocycles. The third kappa shape index (κ3) is 3.60. The maximum atomic E-state index is 13.7. The van der Waals surface area contributed by atoms with E-state index in [1.807, 2.05) is 30.3 Å². The van der Waals surface area contributed by atoms with E-state index in [4.69, 9.17) is 0 Å². The molecular weight excluding hydrogens is 300 g/mol. The second kappa shape index (κ2) is 6.39. The van der Waals surface area contributed by atoms with Crippen molar-refractivity contribution in [2.24, 2.45) is 0 Å². The van der Waals surface area contributed by atoms with Gasteiger partial charge in [0.25, 0.3) is 0 Å². The number of carbonyl (C=O) groups is 1. The van der Waals surface area contributed by atoms with Crippen LogP contribution >= 0.6 is 0 Å². The third-order valence-corrected chi connectivity index (χ3v) is 3.22. The molecule has 0 aliphatic carbocycles. The van der Waals surface area contributed by atoms with E-state index in [0.29, 0.717) is 0 Å². The minimum absolute atomic E-state index is 0.0199. The summed E-state index contributed by atoms with van der Waals surface area (Å²) >= 11 is 0. The molecule has 0 aliphatic rings. The number of hydrogen-bond acceptors (Lipinski definition) is 2. The molecule has 0 bridgehead atoms. The van der Waals surface area contributed by atoms with Gasteiger partial charge in [-0.05, 0) is 17.7 Å². The molecule has 1 heterocycles. The largest absolute Gasteiger partial charge is 0.309 e. The van der Waals surface area contributed by atoms with Crippen molar-refractivity contribution < 1.29 is 13.6 Å². The molecule has 3 rings (SSSR count). The number of hydrogen-bond donors (Lipinski definition) is 1. The predicted molar refractivity (Wildman–Crippen MR) is 82.3 cm³/mol. The summed E-state index contributed by atoms with van der Waals surface area (Å²) in [6.07, 6.45) is 1.66. The van der Waals surface area contributed by atoms with E-state index < -0.39 is 11.6 Å². The summed E-state index contributed by atoms with van der Waals surface area (Å²) in [5.74, 6) is -1.13. The molecule has 0 fully saturated rings. The Hall–Kier alpha value is -3.02. The van der Waals surface area contributed by atoms with Gasteiger partial charge in [0.05, 0.1) is 6.42 Å². The van der Waals surface area contributed by atoms with E-state index in [0.717, 1.165) is 23.8 Å². The van der Waals surface area contributed by atoms with Gasteiger partial charge in [0, 0.05) is 18.3 Å². The summed E-state index contributed by atoms with van der Waals surface area (Å²) < 4.78 is 28.1. The molecule has 4 nitrogen and oxygen atoms in total. The number of benzene rings is 2.